The number of hydrogen-bond acceptors (Lipinski definition) is 2. The van der Waals surface area contributed by atoms with Gasteiger partial charge < -0.3 is 10.2 Å². The largest absolute Gasteiger partial charge is 0.406 e. The molecule has 0 bridgehead atoms. The van der Waals surface area contributed by atoms with E-state index in [1.165, 1.54) is 0 Å². The van der Waals surface area contributed by atoms with Crippen LogP contribution < -0.4 is 5.32 Å². The molecule has 76 valence electrons. The SMILES string of the molecule is CNC1CC(=O)N(CC(F)(F)F)C1. The monoisotopic (exact) mass is 196 g/mol. The summed E-state index contributed by atoms with van der Waals surface area (Å²) in [6, 6.07) is -0.144. The molecule has 1 aliphatic rings. The van der Waals surface area contributed by atoms with Gasteiger partial charge in [0, 0.05) is 19.0 Å². The van der Waals surface area contributed by atoms with Crippen LogP contribution in [0.1, 0.15) is 6.42 Å². The van der Waals surface area contributed by atoms with E-state index in [2.05, 4.69) is 5.32 Å². The first-order valence-electron chi connectivity index (χ1n) is 3.94. The lowest BCUT2D eigenvalue weighted by atomic mass is 10.3. The van der Waals surface area contributed by atoms with E-state index in [0.717, 1.165) is 4.90 Å². The molecule has 0 spiro atoms. The summed E-state index contributed by atoms with van der Waals surface area (Å²) >= 11 is 0. The fourth-order valence-electron chi connectivity index (χ4n) is 1.33. The Balaban J connectivity index is 2.49. The van der Waals surface area contributed by atoms with Crippen molar-refractivity contribution in [2.24, 2.45) is 0 Å². The van der Waals surface area contributed by atoms with Crippen molar-refractivity contribution in [2.75, 3.05) is 20.1 Å². The van der Waals surface area contributed by atoms with Crippen LogP contribution in [0.4, 0.5) is 13.2 Å². The van der Waals surface area contributed by atoms with Crippen molar-refractivity contribution in [2.45, 2.75) is 18.6 Å². The van der Waals surface area contributed by atoms with Crippen LogP contribution in [0, 0.1) is 0 Å². The van der Waals surface area contributed by atoms with E-state index in [0.29, 0.717) is 0 Å². The fourth-order valence-corrected chi connectivity index (χ4v) is 1.33. The van der Waals surface area contributed by atoms with Crippen LogP contribution in [0.3, 0.4) is 0 Å². The minimum Gasteiger partial charge on any atom is -0.332 e. The summed E-state index contributed by atoms with van der Waals surface area (Å²) in [6.07, 6.45) is -4.13. The molecule has 13 heavy (non-hydrogen) atoms. The Morgan fingerprint density at radius 1 is 1.62 bits per heavy atom. The number of nitrogens with one attached hydrogen (secondary N) is 1. The first kappa shape index (κ1) is 10.3. The number of carbonyl (C=O) groups excluding carboxylic acids is 1. The molecule has 1 amide bonds. The molecule has 0 saturated carbocycles. The van der Waals surface area contributed by atoms with Crippen LogP contribution in [-0.2, 0) is 4.79 Å². The van der Waals surface area contributed by atoms with Crippen molar-refractivity contribution in [1.82, 2.24) is 10.2 Å². The number of rotatable bonds is 2. The fraction of sp³-hybridized carbons (Fsp3) is 0.857. The molecule has 0 aromatic rings. The van der Waals surface area contributed by atoms with Crippen LogP contribution in [0.2, 0.25) is 0 Å². The third-order valence-electron chi connectivity index (χ3n) is 1.99. The highest BCUT2D eigenvalue weighted by atomic mass is 19.4. The summed E-state index contributed by atoms with van der Waals surface area (Å²) in [5.41, 5.74) is 0. The van der Waals surface area contributed by atoms with Crippen molar-refractivity contribution in [3.8, 4) is 0 Å². The van der Waals surface area contributed by atoms with Gasteiger partial charge in [-0.25, -0.2) is 0 Å². The summed E-state index contributed by atoms with van der Waals surface area (Å²) in [4.78, 5) is 11.8. The zero-order valence-corrected chi connectivity index (χ0v) is 7.19. The molecule has 1 rings (SSSR count). The van der Waals surface area contributed by atoms with Crippen LogP contribution in [-0.4, -0.2) is 43.2 Å². The summed E-state index contributed by atoms with van der Waals surface area (Å²) in [5, 5.41) is 2.78. The Bertz CT molecular complexity index is 204. The molecule has 3 nitrogen and oxygen atoms in total. The molecule has 0 aromatic carbocycles. The lowest BCUT2D eigenvalue weighted by Gasteiger charge is -2.18. The normalized spacial score (nSPS) is 24.2. The van der Waals surface area contributed by atoms with E-state index in [9.17, 15) is 18.0 Å². The number of hydrogen-bond donors (Lipinski definition) is 1. The standard InChI is InChI=1S/C7H11F3N2O/c1-11-5-2-6(13)12(3-5)4-7(8,9)10/h5,11H,2-4H2,1H3. The molecule has 6 heteroatoms. The number of halogens is 3. The topological polar surface area (TPSA) is 32.3 Å². The Morgan fingerprint density at radius 2 is 2.23 bits per heavy atom. The number of nitrogens with zero attached hydrogens (tertiary/aromatic N) is 1. The van der Waals surface area contributed by atoms with E-state index in [1.807, 2.05) is 0 Å². The second-order valence-corrected chi connectivity index (χ2v) is 3.08. The predicted octanol–water partition coefficient (Wildman–Crippen LogP) is 0.369. The Labute approximate surface area is 73.9 Å². The van der Waals surface area contributed by atoms with Gasteiger partial charge in [-0.2, -0.15) is 13.2 Å². The average Bonchev–Trinajstić information content (AvgIpc) is 2.29. The van der Waals surface area contributed by atoms with Gasteiger partial charge in [0.2, 0.25) is 5.91 Å². The van der Waals surface area contributed by atoms with Gasteiger partial charge in [-0.05, 0) is 7.05 Å². The molecular formula is C7H11F3N2O. The summed E-state index contributed by atoms with van der Waals surface area (Å²) < 4.78 is 35.7. The maximum Gasteiger partial charge on any atom is 0.406 e. The van der Waals surface area contributed by atoms with Crippen molar-refractivity contribution >= 4 is 5.91 Å². The predicted molar refractivity (Wildman–Crippen MR) is 40.1 cm³/mol. The Morgan fingerprint density at radius 3 is 2.62 bits per heavy atom. The zero-order valence-electron chi connectivity index (χ0n) is 7.19. The van der Waals surface area contributed by atoms with E-state index in [4.69, 9.17) is 0 Å². The Kier molecular flexibility index (Phi) is 2.80. The molecule has 1 fully saturated rings. The third kappa shape index (κ3) is 2.87. The molecule has 1 heterocycles. The maximum absolute atomic E-state index is 11.9. The van der Waals surface area contributed by atoms with E-state index < -0.39 is 18.6 Å². The second-order valence-electron chi connectivity index (χ2n) is 3.08. The minimum absolute atomic E-state index is 0.144. The Hall–Kier alpha value is -0.780. The molecule has 0 aliphatic carbocycles. The van der Waals surface area contributed by atoms with Crippen LogP contribution in [0.25, 0.3) is 0 Å². The molecule has 1 aliphatic heterocycles. The van der Waals surface area contributed by atoms with E-state index in [1.54, 1.807) is 7.05 Å². The summed E-state index contributed by atoms with van der Waals surface area (Å²) in [5.74, 6) is -0.434. The van der Waals surface area contributed by atoms with Gasteiger partial charge >= 0.3 is 6.18 Å². The highest BCUT2D eigenvalue weighted by Gasteiger charge is 2.37. The average molecular weight is 196 g/mol. The smallest absolute Gasteiger partial charge is 0.332 e. The second kappa shape index (κ2) is 3.53. The maximum atomic E-state index is 11.9. The third-order valence-corrected chi connectivity index (χ3v) is 1.99. The van der Waals surface area contributed by atoms with Crippen LogP contribution in [0.5, 0.6) is 0 Å². The summed E-state index contributed by atoms with van der Waals surface area (Å²) in [7, 11) is 1.63. The number of alkyl halides is 3. The molecule has 1 atom stereocenters. The van der Waals surface area contributed by atoms with Crippen molar-refractivity contribution in [3.63, 3.8) is 0 Å². The van der Waals surface area contributed by atoms with Crippen molar-refractivity contribution in [3.05, 3.63) is 0 Å². The molecular weight excluding hydrogens is 185 g/mol. The van der Waals surface area contributed by atoms with Crippen LogP contribution in [0.15, 0.2) is 0 Å². The number of likely N-dealkylation sites (N-methyl/N-ethyl adjacent to an activating group) is 1. The first-order valence-corrected chi connectivity index (χ1v) is 3.94. The number of likely N-dealkylation sites (tertiary alicyclic amines) is 1. The quantitative estimate of drug-likeness (QED) is 0.692. The lowest BCUT2D eigenvalue weighted by molar-refractivity contribution is -0.157. The van der Waals surface area contributed by atoms with Gasteiger partial charge in [-0.3, -0.25) is 4.79 Å². The number of carbonyl (C=O) groups is 1. The van der Waals surface area contributed by atoms with Crippen LogP contribution >= 0.6 is 0 Å². The van der Waals surface area contributed by atoms with Crippen molar-refractivity contribution < 1.29 is 18.0 Å². The molecule has 0 aromatic heterocycles. The van der Waals surface area contributed by atoms with E-state index in [-0.39, 0.29) is 19.0 Å². The molecule has 1 saturated heterocycles. The van der Waals surface area contributed by atoms with Gasteiger partial charge in [0.15, 0.2) is 0 Å². The van der Waals surface area contributed by atoms with Gasteiger partial charge in [-0.15, -0.1) is 0 Å². The van der Waals surface area contributed by atoms with Gasteiger partial charge in [0.25, 0.3) is 0 Å². The van der Waals surface area contributed by atoms with Gasteiger partial charge in [0.1, 0.15) is 6.54 Å². The van der Waals surface area contributed by atoms with E-state index >= 15 is 0 Å². The molecule has 1 unspecified atom stereocenters. The number of amides is 1. The van der Waals surface area contributed by atoms with Crippen molar-refractivity contribution in [1.29, 1.82) is 0 Å². The lowest BCUT2D eigenvalue weighted by Crippen LogP contribution is -2.37. The summed E-state index contributed by atoms with van der Waals surface area (Å²) in [6.45, 7) is -0.987. The first-order chi connectivity index (χ1) is 5.92. The van der Waals surface area contributed by atoms with Gasteiger partial charge in [-0.1, -0.05) is 0 Å². The highest BCUT2D eigenvalue weighted by Crippen LogP contribution is 2.20. The molecule has 0 radical (unpaired) electrons. The molecule has 1 N–H and O–H groups in total. The highest BCUT2D eigenvalue weighted by molar-refractivity contribution is 5.79. The minimum atomic E-state index is -4.29. The van der Waals surface area contributed by atoms with Gasteiger partial charge in [0.05, 0.1) is 0 Å². The zero-order chi connectivity index (χ0) is 10.1.